The highest BCUT2D eigenvalue weighted by molar-refractivity contribution is 5.91. The summed E-state index contributed by atoms with van der Waals surface area (Å²) in [4.78, 5) is 11.5. The minimum Gasteiger partial charge on any atom is -0.508 e. The second kappa shape index (κ2) is 10.2. The van der Waals surface area contributed by atoms with Crippen molar-refractivity contribution in [3.05, 3.63) is 82.4 Å². The van der Waals surface area contributed by atoms with Crippen LogP contribution in [0.15, 0.2) is 74.4 Å². The van der Waals surface area contributed by atoms with Crippen LogP contribution in [0.25, 0.3) is 0 Å². The maximum Gasteiger partial charge on any atom is 0.338 e. The molecule has 0 spiro atoms. The minimum atomic E-state index is -0.529. The standard InChI is InChI=1S/C25H30O5/c1-17(6-4-8-18(2)12-23-24(26)19(3)25(27)30-23)7-5-9-20-13-22(29-16-20)14-21-10-11-28-15-21/h7-8,10-11,13,15-16,23,26H,4-6,9,12,14H2,1-3H3/t23-/m1/s1. The number of aliphatic hydroxyl groups excluding tert-OH is 1. The van der Waals surface area contributed by atoms with E-state index in [0.717, 1.165) is 49.0 Å². The van der Waals surface area contributed by atoms with Crippen LogP contribution in [0.2, 0.25) is 0 Å². The summed E-state index contributed by atoms with van der Waals surface area (Å²) >= 11 is 0. The van der Waals surface area contributed by atoms with Crippen molar-refractivity contribution in [2.75, 3.05) is 0 Å². The number of esters is 1. The van der Waals surface area contributed by atoms with Crippen LogP contribution >= 0.6 is 0 Å². The Bertz CT molecular complexity index is 940. The SMILES string of the molecule is CC(=CCCc1coc(Cc2ccoc2)c1)CCC=C(C)C[C@H]1OC(=O)C(C)=C1O. The number of hydrogen-bond donors (Lipinski definition) is 1. The molecule has 0 saturated heterocycles. The molecular weight excluding hydrogens is 380 g/mol. The van der Waals surface area contributed by atoms with E-state index >= 15 is 0 Å². The molecule has 5 heteroatoms. The molecule has 0 amide bonds. The molecule has 160 valence electrons. The second-order valence-electron chi connectivity index (χ2n) is 8.02. The predicted molar refractivity (Wildman–Crippen MR) is 115 cm³/mol. The van der Waals surface area contributed by atoms with E-state index in [2.05, 4.69) is 25.1 Å². The molecular formula is C25H30O5. The lowest BCUT2D eigenvalue weighted by atomic mass is 10.0. The summed E-state index contributed by atoms with van der Waals surface area (Å²) in [5.41, 5.74) is 5.11. The number of rotatable bonds is 10. The molecule has 0 fully saturated rings. The van der Waals surface area contributed by atoms with Gasteiger partial charge >= 0.3 is 5.97 Å². The van der Waals surface area contributed by atoms with Gasteiger partial charge in [0.25, 0.3) is 0 Å². The van der Waals surface area contributed by atoms with Gasteiger partial charge in [0.2, 0.25) is 0 Å². The van der Waals surface area contributed by atoms with Crippen LogP contribution < -0.4 is 0 Å². The number of allylic oxidation sites excluding steroid dienone is 3. The molecule has 3 heterocycles. The van der Waals surface area contributed by atoms with E-state index in [1.807, 2.05) is 19.3 Å². The van der Waals surface area contributed by atoms with Crippen molar-refractivity contribution in [3.8, 4) is 0 Å². The molecule has 0 saturated carbocycles. The first-order valence-corrected chi connectivity index (χ1v) is 10.4. The fourth-order valence-electron chi connectivity index (χ4n) is 3.51. The molecule has 1 N–H and O–H groups in total. The van der Waals surface area contributed by atoms with Crippen LogP contribution in [-0.2, 0) is 22.4 Å². The third-order valence-corrected chi connectivity index (χ3v) is 5.38. The summed E-state index contributed by atoms with van der Waals surface area (Å²) in [5, 5.41) is 9.93. The van der Waals surface area contributed by atoms with Crippen LogP contribution in [0.3, 0.4) is 0 Å². The van der Waals surface area contributed by atoms with E-state index < -0.39 is 12.1 Å². The van der Waals surface area contributed by atoms with Crippen LogP contribution in [0.1, 0.15) is 63.3 Å². The van der Waals surface area contributed by atoms with E-state index in [1.165, 1.54) is 11.1 Å². The Morgan fingerprint density at radius 3 is 2.63 bits per heavy atom. The highest BCUT2D eigenvalue weighted by atomic mass is 16.6. The lowest BCUT2D eigenvalue weighted by Gasteiger charge is -2.10. The van der Waals surface area contributed by atoms with Gasteiger partial charge < -0.3 is 18.7 Å². The Morgan fingerprint density at radius 2 is 1.93 bits per heavy atom. The Kier molecular flexibility index (Phi) is 7.39. The number of carbonyl (C=O) groups is 1. The van der Waals surface area contributed by atoms with Gasteiger partial charge in [0, 0.05) is 12.8 Å². The molecule has 0 radical (unpaired) electrons. The molecule has 1 aliphatic heterocycles. The van der Waals surface area contributed by atoms with Crippen LogP contribution in [0.5, 0.6) is 0 Å². The van der Waals surface area contributed by atoms with Crippen LogP contribution in [0, 0.1) is 0 Å². The minimum absolute atomic E-state index is 0.0657. The third kappa shape index (κ3) is 6.02. The first kappa shape index (κ1) is 21.8. The summed E-state index contributed by atoms with van der Waals surface area (Å²) in [6.07, 6.45) is 14.3. The molecule has 0 aromatic carbocycles. The zero-order chi connectivity index (χ0) is 21.5. The van der Waals surface area contributed by atoms with Gasteiger partial charge in [0.05, 0.1) is 24.4 Å². The van der Waals surface area contributed by atoms with Crippen molar-refractivity contribution >= 4 is 5.97 Å². The smallest absolute Gasteiger partial charge is 0.338 e. The normalized spacial score (nSPS) is 17.7. The highest BCUT2D eigenvalue weighted by Crippen LogP contribution is 2.25. The summed E-state index contributed by atoms with van der Waals surface area (Å²) in [5.74, 6) is 0.600. The Morgan fingerprint density at radius 1 is 1.13 bits per heavy atom. The van der Waals surface area contributed by atoms with Gasteiger partial charge in [-0.05, 0) is 69.7 Å². The molecule has 1 aliphatic rings. The summed E-state index contributed by atoms with van der Waals surface area (Å²) in [6.45, 7) is 5.75. The van der Waals surface area contributed by atoms with Crippen LogP contribution in [0.4, 0.5) is 0 Å². The Labute approximate surface area is 177 Å². The van der Waals surface area contributed by atoms with Crippen molar-refractivity contribution in [1.29, 1.82) is 0 Å². The van der Waals surface area contributed by atoms with Gasteiger partial charge in [-0.3, -0.25) is 0 Å². The third-order valence-electron chi connectivity index (χ3n) is 5.38. The van der Waals surface area contributed by atoms with Gasteiger partial charge in [0.1, 0.15) is 11.5 Å². The van der Waals surface area contributed by atoms with Gasteiger partial charge in [-0.1, -0.05) is 23.3 Å². The summed E-state index contributed by atoms with van der Waals surface area (Å²) in [6, 6.07) is 4.06. The fourth-order valence-corrected chi connectivity index (χ4v) is 3.51. The van der Waals surface area contributed by atoms with Gasteiger partial charge in [-0.25, -0.2) is 4.79 Å². The highest BCUT2D eigenvalue weighted by Gasteiger charge is 2.31. The van der Waals surface area contributed by atoms with Crippen molar-refractivity contribution < 1.29 is 23.5 Å². The quantitative estimate of drug-likeness (QED) is 0.372. The lowest BCUT2D eigenvalue weighted by molar-refractivity contribution is -0.140. The van der Waals surface area contributed by atoms with E-state index in [0.29, 0.717) is 12.0 Å². The fraction of sp³-hybridized carbons (Fsp3) is 0.400. The van der Waals surface area contributed by atoms with E-state index in [-0.39, 0.29) is 5.76 Å². The zero-order valence-electron chi connectivity index (χ0n) is 17.9. The first-order valence-electron chi connectivity index (χ1n) is 10.4. The van der Waals surface area contributed by atoms with Crippen molar-refractivity contribution in [3.63, 3.8) is 0 Å². The van der Waals surface area contributed by atoms with E-state index in [1.54, 1.807) is 19.5 Å². The molecule has 0 aliphatic carbocycles. The largest absolute Gasteiger partial charge is 0.508 e. The molecule has 1 atom stereocenters. The number of carbonyl (C=O) groups excluding carboxylic acids is 1. The molecule has 5 nitrogen and oxygen atoms in total. The maximum atomic E-state index is 11.5. The molecule has 0 unspecified atom stereocenters. The average molecular weight is 411 g/mol. The predicted octanol–water partition coefficient (Wildman–Crippen LogP) is 6.22. The van der Waals surface area contributed by atoms with Gasteiger partial charge in [0.15, 0.2) is 6.10 Å². The molecule has 2 aromatic rings. The van der Waals surface area contributed by atoms with Crippen molar-refractivity contribution in [2.24, 2.45) is 0 Å². The summed E-state index contributed by atoms with van der Waals surface area (Å²) < 4.78 is 15.9. The molecule has 30 heavy (non-hydrogen) atoms. The Hall–Kier alpha value is -2.95. The second-order valence-corrected chi connectivity index (χ2v) is 8.02. The van der Waals surface area contributed by atoms with E-state index in [9.17, 15) is 9.90 Å². The monoisotopic (exact) mass is 410 g/mol. The van der Waals surface area contributed by atoms with Crippen LogP contribution in [-0.4, -0.2) is 17.2 Å². The number of cyclic esters (lactones) is 1. The number of furan rings is 2. The molecule has 0 bridgehead atoms. The van der Waals surface area contributed by atoms with Crippen molar-refractivity contribution in [1.82, 2.24) is 0 Å². The number of ether oxygens (including phenoxy) is 1. The zero-order valence-corrected chi connectivity index (χ0v) is 17.9. The topological polar surface area (TPSA) is 72.8 Å². The van der Waals surface area contributed by atoms with E-state index in [4.69, 9.17) is 13.6 Å². The van der Waals surface area contributed by atoms with Gasteiger partial charge in [-0.15, -0.1) is 0 Å². The van der Waals surface area contributed by atoms with Gasteiger partial charge in [-0.2, -0.15) is 0 Å². The number of aliphatic hydroxyl groups is 1. The molecule has 3 rings (SSSR count). The number of aryl methyl sites for hydroxylation is 1. The van der Waals surface area contributed by atoms with Crippen molar-refractivity contribution in [2.45, 2.75) is 65.4 Å². The first-order chi connectivity index (χ1) is 14.4. The molecule has 2 aromatic heterocycles. The lowest BCUT2D eigenvalue weighted by Crippen LogP contribution is -2.12. The number of hydrogen-bond acceptors (Lipinski definition) is 5. The average Bonchev–Trinajstić information content (AvgIpc) is 3.43. The Balaban J connectivity index is 1.38. The maximum absolute atomic E-state index is 11.5. The summed E-state index contributed by atoms with van der Waals surface area (Å²) in [7, 11) is 0.